The summed E-state index contributed by atoms with van der Waals surface area (Å²) in [6, 6.07) is 8.61. The number of hydrogen-bond acceptors (Lipinski definition) is 3. The van der Waals surface area contributed by atoms with E-state index in [0.29, 0.717) is 5.84 Å². The minimum absolute atomic E-state index is 0.0901. The van der Waals surface area contributed by atoms with Crippen molar-refractivity contribution in [1.82, 2.24) is 4.90 Å². The largest absolute Gasteiger partial charge is 0.387 e. The molecule has 1 aromatic carbocycles. The molecule has 106 valence electrons. The zero-order valence-electron chi connectivity index (χ0n) is 11.9. The number of nitrogens with one attached hydrogen (secondary N) is 1. The Kier molecular flexibility index (Phi) is 3.52. The van der Waals surface area contributed by atoms with Gasteiger partial charge in [-0.15, -0.1) is 11.3 Å². The number of likely N-dealkylation sites (tertiary alicyclic amines) is 1. The predicted octanol–water partition coefficient (Wildman–Crippen LogP) is 3.44. The molecule has 1 aliphatic heterocycles. The van der Waals surface area contributed by atoms with Gasteiger partial charge in [0.25, 0.3) is 0 Å². The van der Waals surface area contributed by atoms with Crippen LogP contribution in [0.1, 0.15) is 25.3 Å². The fourth-order valence-electron chi connectivity index (χ4n) is 2.87. The zero-order valence-corrected chi connectivity index (χ0v) is 12.7. The summed E-state index contributed by atoms with van der Waals surface area (Å²) < 4.78 is 1.37. The lowest BCUT2D eigenvalue weighted by atomic mass is 9.79. The Bertz CT molecular complexity index is 623. The van der Waals surface area contributed by atoms with Gasteiger partial charge in [-0.3, -0.25) is 10.3 Å². The molecule has 0 aliphatic carbocycles. The highest BCUT2D eigenvalue weighted by atomic mass is 32.1. The highest BCUT2D eigenvalue weighted by Crippen LogP contribution is 2.32. The van der Waals surface area contributed by atoms with Gasteiger partial charge in [0.05, 0.1) is 5.84 Å². The van der Waals surface area contributed by atoms with Crippen molar-refractivity contribution in [3.05, 3.63) is 35.2 Å². The van der Waals surface area contributed by atoms with Gasteiger partial charge in [0.1, 0.15) is 0 Å². The molecule has 0 spiro atoms. The molecule has 1 aliphatic rings. The van der Waals surface area contributed by atoms with Crippen molar-refractivity contribution in [3.8, 4) is 0 Å². The molecule has 0 amide bonds. The molecule has 20 heavy (non-hydrogen) atoms. The summed E-state index contributed by atoms with van der Waals surface area (Å²) in [6.07, 6.45) is 1.98. The molecule has 0 saturated carbocycles. The fraction of sp³-hybridized carbons (Fsp3) is 0.438. The van der Waals surface area contributed by atoms with Gasteiger partial charge in [0, 0.05) is 16.7 Å². The van der Waals surface area contributed by atoms with Crippen molar-refractivity contribution in [2.45, 2.75) is 26.3 Å². The van der Waals surface area contributed by atoms with E-state index in [1.165, 1.54) is 15.6 Å². The number of piperidine rings is 1. The Hall–Kier alpha value is -1.39. The number of fused-ring (bicyclic) bond motifs is 1. The topological polar surface area (TPSA) is 53.1 Å². The van der Waals surface area contributed by atoms with Crippen molar-refractivity contribution in [2.75, 3.05) is 13.1 Å². The average molecular weight is 287 g/mol. The van der Waals surface area contributed by atoms with Crippen molar-refractivity contribution >= 4 is 27.3 Å². The van der Waals surface area contributed by atoms with E-state index >= 15 is 0 Å². The fourth-order valence-corrected chi connectivity index (χ4v) is 3.82. The van der Waals surface area contributed by atoms with Gasteiger partial charge in [0.2, 0.25) is 0 Å². The van der Waals surface area contributed by atoms with E-state index in [1.54, 1.807) is 0 Å². The summed E-state index contributed by atoms with van der Waals surface area (Å²) in [4.78, 5) is 2.49. The van der Waals surface area contributed by atoms with Gasteiger partial charge < -0.3 is 5.73 Å². The number of nitrogens with zero attached hydrogens (tertiary/aromatic N) is 1. The molecule has 0 radical (unpaired) electrons. The van der Waals surface area contributed by atoms with E-state index in [9.17, 15) is 0 Å². The van der Waals surface area contributed by atoms with Crippen LogP contribution in [-0.4, -0.2) is 23.8 Å². The molecule has 1 aromatic heterocycles. The first-order chi connectivity index (χ1) is 9.58. The van der Waals surface area contributed by atoms with Crippen molar-refractivity contribution < 1.29 is 0 Å². The molecule has 3 N–H and O–H groups in total. The molecule has 3 rings (SSSR count). The van der Waals surface area contributed by atoms with Crippen LogP contribution in [0, 0.1) is 10.8 Å². The van der Waals surface area contributed by atoms with Crippen LogP contribution in [0.4, 0.5) is 0 Å². The Morgan fingerprint density at radius 2 is 2.05 bits per heavy atom. The Morgan fingerprint density at radius 3 is 2.75 bits per heavy atom. The van der Waals surface area contributed by atoms with Crippen LogP contribution in [0.5, 0.6) is 0 Å². The maximum Gasteiger partial charge on any atom is 0.0966 e. The molecule has 1 saturated heterocycles. The monoisotopic (exact) mass is 287 g/mol. The molecule has 1 fully saturated rings. The third-order valence-corrected chi connectivity index (χ3v) is 5.58. The highest BCUT2D eigenvalue weighted by Gasteiger charge is 2.32. The lowest BCUT2D eigenvalue weighted by molar-refractivity contribution is 0.156. The van der Waals surface area contributed by atoms with E-state index < -0.39 is 0 Å². The molecule has 0 unspecified atom stereocenters. The maximum atomic E-state index is 7.72. The number of amidine groups is 1. The van der Waals surface area contributed by atoms with Gasteiger partial charge >= 0.3 is 0 Å². The summed E-state index contributed by atoms with van der Waals surface area (Å²) in [5, 5.41) is 11.4. The second kappa shape index (κ2) is 5.19. The van der Waals surface area contributed by atoms with E-state index in [1.807, 2.05) is 11.3 Å². The quantitative estimate of drug-likeness (QED) is 0.671. The Labute approximate surface area is 123 Å². The minimum atomic E-state index is -0.0901. The summed E-state index contributed by atoms with van der Waals surface area (Å²) >= 11 is 1.83. The molecular formula is C16H21N3S. The Balaban J connectivity index is 1.70. The molecule has 4 heteroatoms. The van der Waals surface area contributed by atoms with E-state index in [4.69, 9.17) is 11.1 Å². The minimum Gasteiger partial charge on any atom is -0.387 e. The van der Waals surface area contributed by atoms with Gasteiger partial charge in [-0.25, -0.2) is 0 Å². The molecule has 3 nitrogen and oxygen atoms in total. The number of benzene rings is 1. The molecule has 2 aromatic rings. The average Bonchev–Trinajstić information content (AvgIpc) is 2.85. The number of nitrogens with two attached hydrogens (primary N) is 1. The SMILES string of the molecule is CC1(C(=N)N)CCN(Cc2csc3ccccc23)CC1. The zero-order chi connectivity index (χ0) is 14.2. The Morgan fingerprint density at radius 1 is 1.35 bits per heavy atom. The number of rotatable bonds is 3. The van der Waals surface area contributed by atoms with Crippen LogP contribution in [0.3, 0.4) is 0 Å². The third kappa shape index (κ3) is 2.45. The lowest BCUT2D eigenvalue weighted by Crippen LogP contribution is -2.44. The van der Waals surface area contributed by atoms with E-state index in [2.05, 4.69) is 41.5 Å². The highest BCUT2D eigenvalue weighted by molar-refractivity contribution is 7.17. The third-order valence-electron chi connectivity index (χ3n) is 4.56. The second-order valence-corrected chi connectivity index (χ2v) is 6.92. The summed E-state index contributed by atoms with van der Waals surface area (Å²) in [6.45, 7) is 5.19. The van der Waals surface area contributed by atoms with Crippen molar-refractivity contribution in [1.29, 1.82) is 5.41 Å². The second-order valence-electron chi connectivity index (χ2n) is 6.01. The first kappa shape index (κ1) is 13.6. The summed E-state index contributed by atoms with van der Waals surface area (Å²) in [5.41, 5.74) is 7.06. The van der Waals surface area contributed by atoms with Crippen LogP contribution < -0.4 is 5.73 Å². The standard InChI is InChI=1S/C16H21N3S/c1-16(15(17)18)6-8-19(9-7-16)10-12-11-20-14-5-3-2-4-13(12)14/h2-5,11H,6-10H2,1H3,(H3,17,18). The van der Waals surface area contributed by atoms with Crippen LogP contribution in [0.25, 0.3) is 10.1 Å². The van der Waals surface area contributed by atoms with Gasteiger partial charge in [-0.05, 0) is 48.3 Å². The molecule has 0 bridgehead atoms. The van der Waals surface area contributed by atoms with Gasteiger partial charge in [-0.2, -0.15) is 0 Å². The van der Waals surface area contributed by atoms with Crippen molar-refractivity contribution in [3.63, 3.8) is 0 Å². The molecular weight excluding hydrogens is 266 g/mol. The first-order valence-electron chi connectivity index (χ1n) is 7.10. The maximum absolute atomic E-state index is 7.72. The molecule has 2 heterocycles. The molecule has 0 atom stereocenters. The van der Waals surface area contributed by atoms with E-state index in [-0.39, 0.29) is 5.41 Å². The number of thiophene rings is 1. The lowest BCUT2D eigenvalue weighted by Gasteiger charge is -2.38. The summed E-state index contributed by atoms with van der Waals surface area (Å²) in [7, 11) is 0. The van der Waals surface area contributed by atoms with Crippen LogP contribution in [-0.2, 0) is 6.54 Å². The number of hydrogen-bond donors (Lipinski definition) is 2. The van der Waals surface area contributed by atoms with Gasteiger partial charge in [-0.1, -0.05) is 25.1 Å². The summed E-state index contributed by atoms with van der Waals surface area (Å²) in [5.74, 6) is 0.345. The van der Waals surface area contributed by atoms with Crippen molar-refractivity contribution in [2.24, 2.45) is 11.1 Å². The van der Waals surface area contributed by atoms with E-state index in [0.717, 1.165) is 32.5 Å². The smallest absolute Gasteiger partial charge is 0.0966 e. The first-order valence-corrected chi connectivity index (χ1v) is 7.98. The van der Waals surface area contributed by atoms with Gasteiger partial charge in [0.15, 0.2) is 0 Å². The van der Waals surface area contributed by atoms with Crippen LogP contribution >= 0.6 is 11.3 Å². The van der Waals surface area contributed by atoms with Crippen LogP contribution in [0.15, 0.2) is 29.6 Å². The predicted molar refractivity (Wildman–Crippen MR) is 86.4 cm³/mol. The van der Waals surface area contributed by atoms with Crippen LogP contribution in [0.2, 0.25) is 0 Å². The normalized spacial score (nSPS) is 19.2.